The number of para-hydroxylation sites is 1. The molecule has 0 saturated carbocycles. The normalized spacial score (nSPS) is 10.1. The smallest absolute Gasteiger partial charge is 0.348 e. The molecule has 2 aromatic rings. The molecule has 0 radical (unpaired) electrons. The topological polar surface area (TPSA) is 85.4 Å². The van der Waals surface area contributed by atoms with E-state index in [4.69, 9.17) is 10.5 Å². The van der Waals surface area contributed by atoms with Crippen molar-refractivity contribution in [3.05, 3.63) is 53.7 Å². The zero-order valence-corrected chi connectivity index (χ0v) is 9.54. The van der Waals surface area contributed by atoms with Gasteiger partial charge in [0.05, 0.1) is 0 Å². The second-order valence-electron chi connectivity index (χ2n) is 3.58. The van der Waals surface area contributed by atoms with Crippen molar-refractivity contribution < 1.29 is 14.6 Å². The Labute approximate surface area is 104 Å². The SMILES string of the molecule is NCc1cccnc1OC(=O)c1ccccc1O. The highest BCUT2D eigenvalue weighted by atomic mass is 16.5. The molecule has 0 amide bonds. The maximum Gasteiger partial charge on any atom is 0.348 e. The molecule has 5 nitrogen and oxygen atoms in total. The van der Waals surface area contributed by atoms with Gasteiger partial charge in [-0.15, -0.1) is 0 Å². The molecule has 0 unspecified atom stereocenters. The second-order valence-corrected chi connectivity index (χ2v) is 3.58. The Morgan fingerprint density at radius 2 is 2.06 bits per heavy atom. The number of rotatable bonds is 3. The summed E-state index contributed by atoms with van der Waals surface area (Å²) in [4.78, 5) is 15.8. The highest BCUT2D eigenvalue weighted by Gasteiger charge is 2.15. The van der Waals surface area contributed by atoms with E-state index in [-0.39, 0.29) is 23.7 Å². The second kappa shape index (κ2) is 5.29. The Balaban J connectivity index is 2.24. The van der Waals surface area contributed by atoms with Crippen LogP contribution in [-0.2, 0) is 6.54 Å². The molecule has 0 atom stereocenters. The molecule has 0 aliphatic heterocycles. The Morgan fingerprint density at radius 3 is 2.78 bits per heavy atom. The van der Waals surface area contributed by atoms with Crippen LogP contribution in [0.15, 0.2) is 42.6 Å². The fraction of sp³-hybridized carbons (Fsp3) is 0.0769. The average molecular weight is 244 g/mol. The van der Waals surface area contributed by atoms with Gasteiger partial charge in [0.15, 0.2) is 0 Å². The minimum atomic E-state index is -0.665. The average Bonchev–Trinajstić information content (AvgIpc) is 2.39. The number of hydrogen-bond donors (Lipinski definition) is 2. The van der Waals surface area contributed by atoms with Crippen molar-refractivity contribution in [3.63, 3.8) is 0 Å². The Kier molecular flexibility index (Phi) is 3.54. The Morgan fingerprint density at radius 1 is 1.28 bits per heavy atom. The molecule has 0 spiro atoms. The van der Waals surface area contributed by atoms with E-state index in [1.54, 1.807) is 24.3 Å². The number of benzene rings is 1. The maximum atomic E-state index is 11.8. The quantitative estimate of drug-likeness (QED) is 0.798. The summed E-state index contributed by atoms with van der Waals surface area (Å²) in [5, 5.41) is 9.54. The van der Waals surface area contributed by atoms with Crippen LogP contribution in [0.25, 0.3) is 0 Å². The lowest BCUT2D eigenvalue weighted by Crippen LogP contribution is -2.12. The van der Waals surface area contributed by atoms with Gasteiger partial charge >= 0.3 is 5.97 Å². The standard InChI is InChI=1S/C13H12N2O3/c14-8-9-4-3-7-15-12(9)18-13(17)10-5-1-2-6-11(10)16/h1-7,16H,8,14H2. The fourth-order valence-electron chi connectivity index (χ4n) is 1.46. The van der Waals surface area contributed by atoms with Crippen LogP contribution in [0.2, 0.25) is 0 Å². The van der Waals surface area contributed by atoms with Crippen molar-refractivity contribution >= 4 is 5.97 Å². The van der Waals surface area contributed by atoms with Crippen LogP contribution in [0.5, 0.6) is 11.6 Å². The molecule has 5 heteroatoms. The number of aromatic nitrogens is 1. The third kappa shape index (κ3) is 2.46. The summed E-state index contributed by atoms with van der Waals surface area (Å²) < 4.78 is 5.11. The van der Waals surface area contributed by atoms with Crippen LogP contribution in [0.3, 0.4) is 0 Å². The molecular formula is C13H12N2O3. The van der Waals surface area contributed by atoms with Crippen LogP contribution in [0.4, 0.5) is 0 Å². The molecule has 1 aromatic heterocycles. The molecule has 0 saturated heterocycles. The van der Waals surface area contributed by atoms with Gasteiger partial charge in [-0.1, -0.05) is 18.2 Å². The van der Waals surface area contributed by atoms with Crippen LogP contribution < -0.4 is 10.5 Å². The van der Waals surface area contributed by atoms with Crippen LogP contribution in [-0.4, -0.2) is 16.1 Å². The number of esters is 1. The van der Waals surface area contributed by atoms with Gasteiger partial charge in [-0.3, -0.25) is 0 Å². The summed E-state index contributed by atoms with van der Waals surface area (Å²) in [6.45, 7) is 0.219. The van der Waals surface area contributed by atoms with Gasteiger partial charge in [0.2, 0.25) is 5.88 Å². The molecular weight excluding hydrogens is 232 g/mol. The largest absolute Gasteiger partial charge is 0.507 e. The molecule has 1 heterocycles. The predicted octanol–water partition coefficient (Wildman–Crippen LogP) is 1.47. The van der Waals surface area contributed by atoms with Crippen LogP contribution >= 0.6 is 0 Å². The highest BCUT2D eigenvalue weighted by Crippen LogP contribution is 2.20. The van der Waals surface area contributed by atoms with Gasteiger partial charge in [-0.25, -0.2) is 9.78 Å². The Bertz CT molecular complexity index is 570. The van der Waals surface area contributed by atoms with Crippen LogP contribution in [0, 0.1) is 0 Å². The molecule has 0 fully saturated rings. The molecule has 1 aromatic carbocycles. The third-order valence-corrected chi connectivity index (χ3v) is 2.38. The fourth-order valence-corrected chi connectivity index (χ4v) is 1.46. The van der Waals surface area contributed by atoms with E-state index >= 15 is 0 Å². The predicted molar refractivity (Wildman–Crippen MR) is 65.2 cm³/mol. The molecule has 92 valence electrons. The molecule has 0 aliphatic rings. The van der Waals surface area contributed by atoms with E-state index in [9.17, 15) is 9.90 Å². The zero-order valence-electron chi connectivity index (χ0n) is 9.54. The van der Waals surface area contributed by atoms with Crippen molar-refractivity contribution in [2.75, 3.05) is 0 Å². The summed E-state index contributed by atoms with van der Waals surface area (Å²) in [5.41, 5.74) is 6.23. The number of phenolic OH excluding ortho intramolecular Hbond substituents is 1. The van der Waals surface area contributed by atoms with Gasteiger partial charge in [0, 0.05) is 18.3 Å². The lowest BCUT2D eigenvalue weighted by molar-refractivity contribution is 0.0722. The van der Waals surface area contributed by atoms with Crippen molar-refractivity contribution in [2.45, 2.75) is 6.54 Å². The summed E-state index contributed by atoms with van der Waals surface area (Å²) in [5.74, 6) is -0.637. The number of carbonyl (C=O) groups excluding carboxylic acids is 1. The minimum absolute atomic E-state index is 0.0890. The van der Waals surface area contributed by atoms with Gasteiger partial charge in [0.1, 0.15) is 11.3 Å². The Hall–Kier alpha value is -2.40. The first-order chi connectivity index (χ1) is 8.72. The minimum Gasteiger partial charge on any atom is -0.507 e. The van der Waals surface area contributed by atoms with E-state index in [1.807, 2.05) is 0 Å². The number of hydrogen-bond acceptors (Lipinski definition) is 5. The van der Waals surface area contributed by atoms with Gasteiger partial charge in [-0.2, -0.15) is 0 Å². The maximum absolute atomic E-state index is 11.8. The van der Waals surface area contributed by atoms with Crippen molar-refractivity contribution in [1.29, 1.82) is 0 Å². The number of nitrogens with zero attached hydrogens (tertiary/aromatic N) is 1. The van der Waals surface area contributed by atoms with Gasteiger partial charge in [-0.05, 0) is 18.2 Å². The first-order valence-electron chi connectivity index (χ1n) is 5.36. The van der Waals surface area contributed by atoms with Crippen LogP contribution in [0.1, 0.15) is 15.9 Å². The summed E-state index contributed by atoms with van der Waals surface area (Å²) in [6.07, 6.45) is 1.51. The monoisotopic (exact) mass is 244 g/mol. The number of phenols is 1. The van der Waals surface area contributed by atoms with E-state index in [0.29, 0.717) is 5.56 Å². The zero-order chi connectivity index (χ0) is 13.0. The molecule has 0 aliphatic carbocycles. The number of aromatic hydroxyl groups is 1. The number of ether oxygens (including phenoxy) is 1. The van der Waals surface area contributed by atoms with Gasteiger partial charge in [0.25, 0.3) is 0 Å². The molecule has 3 N–H and O–H groups in total. The van der Waals surface area contributed by atoms with Gasteiger partial charge < -0.3 is 15.6 Å². The molecule has 2 rings (SSSR count). The van der Waals surface area contributed by atoms with Crippen molar-refractivity contribution in [3.8, 4) is 11.6 Å². The summed E-state index contributed by atoms with van der Waals surface area (Å²) in [7, 11) is 0. The number of nitrogens with two attached hydrogens (primary N) is 1. The summed E-state index contributed by atoms with van der Waals surface area (Å²) >= 11 is 0. The summed E-state index contributed by atoms with van der Waals surface area (Å²) in [6, 6.07) is 9.58. The van der Waals surface area contributed by atoms with Crippen molar-refractivity contribution in [1.82, 2.24) is 4.98 Å². The number of carbonyl (C=O) groups is 1. The van der Waals surface area contributed by atoms with Crippen molar-refractivity contribution in [2.24, 2.45) is 5.73 Å². The lowest BCUT2D eigenvalue weighted by atomic mass is 10.2. The van der Waals surface area contributed by atoms with E-state index in [2.05, 4.69) is 4.98 Å². The van der Waals surface area contributed by atoms with E-state index in [0.717, 1.165) is 0 Å². The molecule has 18 heavy (non-hydrogen) atoms. The highest BCUT2D eigenvalue weighted by molar-refractivity contribution is 5.93. The van der Waals surface area contributed by atoms with E-state index in [1.165, 1.54) is 18.3 Å². The first-order valence-corrected chi connectivity index (χ1v) is 5.36. The molecule has 0 bridgehead atoms. The number of pyridine rings is 1. The first kappa shape index (κ1) is 12.1. The third-order valence-electron chi connectivity index (χ3n) is 2.38. The lowest BCUT2D eigenvalue weighted by Gasteiger charge is -2.07. The van der Waals surface area contributed by atoms with E-state index < -0.39 is 5.97 Å².